The number of hydrogen-bond acceptors (Lipinski definition) is 5. The Morgan fingerprint density at radius 3 is 2.61 bits per heavy atom. The summed E-state index contributed by atoms with van der Waals surface area (Å²) in [5.74, 6) is -1.00. The van der Waals surface area contributed by atoms with Crippen molar-refractivity contribution in [1.29, 1.82) is 0 Å². The molecule has 0 aliphatic carbocycles. The summed E-state index contributed by atoms with van der Waals surface area (Å²) in [5, 5.41) is 8.21. The number of carbonyl (C=O) groups is 1. The smallest absolute Gasteiger partial charge is 0.406 e. The first-order valence-corrected chi connectivity index (χ1v) is 12.3. The molecule has 0 bridgehead atoms. The van der Waals surface area contributed by atoms with Crippen LogP contribution in [0.2, 0.25) is 0 Å². The molecule has 8 nitrogen and oxygen atoms in total. The first kappa shape index (κ1) is 25.9. The highest BCUT2D eigenvalue weighted by molar-refractivity contribution is 9.10. The number of fused-ring (bicyclic) bond motifs is 1. The predicted octanol–water partition coefficient (Wildman–Crippen LogP) is 5.43. The molecule has 5 rings (SSSR count). The molecular weight excluding hydrogens is 572 g/mol. The van der Waals surface area contributed by atoms with Gasteiger partial charge in [-0.05, 0) is 60.0 Å². The van der Waals surface area contributed by atoms with E-state index in [0.29, 0.717) is 21.9 Å². The zero-order chi connectivity index (χ0) is 27.2. The maximum Gasteiger partial charge on any atom is 0.406 e. The van der Waals surface area contributed by atoms with Gasteiger partial charge in [0, 0.05) is 17.3 Å². The monoisotopic (exact) mass is 592 g/mol. The third-order valence-electron chi connectivity index (χ3n) is 6.31. The number of rotatable bonds is 5. The molecule has 1 aliphatic heterocycles. The molecule has 0 saturated heterocycles. The summed E-state index contributed by atoms with van der Waals surface area (Å²) in [7, 11) is 1.53. The van der Waals surface area contributed by atoms with Crippen LogP contribution in [-0.4, -0.2) is 50.3 Å². The van der Waals surface area contributed by atoms with Crippen LogP contribution in [0.4, 0.5) is 23.2 Å². The Bertz CT molecular complexity index is 1520. The van der Waals surface area contributed by atoms with Crippen LogP contribution in [-0.2, 0) is 11.2 Å². The van der Waals surface area contributed by atoms with Gasteiger partial charge in [0.2, 0.25) is 0 Å². The van der Waals surface area contributed by atoms with Crippen LogP contribution < -0.4 is 9.64 Å². The number of halogens is 5. The fraction of sp³-hybridized carbons (Fsp3) is 0.280. The summed E-state index contributed by atoms with van der Waals surface area (Å²) in [5.41, 5.74) is 2.53. The third kappa shape index (κ3) is 4.89. The van der Waals surface area contributed by atoms with E-state index < -0.39 is 30.5 Å². The fourth-order valence-electron chi connectivity index (χ4n) is 4.53. The van der Waals surface area contributed by atoms with Crippen molar-refractivity contribution in [2.24, 2.45) is 0 Å². The van der Waals surface area contributed by atoms with E-state index in [-0.39, 0.29) is 28.6 Å². The molecule has 38 heavy (non-hydrogen) atoms. The minimum absolute atomic E-state index is 0.0351. The van der Waals surface area contributed by atoms with Crippen molar-refractivity contribution in [2.75, 3.05) is 18.6 Å². The van der Waals surface area contributed by atoms with Crippen molar-refractivity contribution >= 4 is 27.5 Å². The summed E-state index contributed by atoms with van der Waals surface area (Å²) in [6.45, 7) is 0.316. The van der Waals surface area contributed by atoms with Gasteiger partial charge in [-0.1, -0.05) is 11.3 Å². The highest BCUT2D eigenvalue weighted by Crippen LogP contribution is 2.37. The molecule has 0 saturated carbocycles. The van der Waals surface area contributed by atoms with Crippen LogP contribution in [0.3, 0.4) is 0 Å². The number of benzene rings is 2. The van der Waals surface area contributed by atoms with Gasteiger partial charge in [-0.15, -0.1) is 5.10 Å². The van der Waals surface area contributed by atoms with Crippen molar-refractivity contribution in [3.63, 3.8) is 0 Å². The zero-order valence-corrected chi connectivity index (χ0v) is 21.8. The summed E-state index contributed by atoms with van der Waals surface area (Å²) in [6, 6.07) is 6.84. The van der Waals surface area contributed by atoms with Gasteiger partial charge in [0.15, 0.2) is 0 Å². The molecule has 2 aromatic heterocycles. The van der Waals surface area contributed by atoms with Gasteiger partial charge in [0.1, 0.15) is 29.8 Å². The first-order chi connectivity index (χ1) is 18.1. The van der Waals surface area contributed by atoms with Crippen molar-refractivity contribution in [1.82, 2.24) is 24.5 Å². The number of carbonyl (C=O) groups excluding carboxylic acids is 1. The van der Waals surface area contributed by atoms with Crippen molar-refractivity contribution < 1.29 is 27.1 Å². The van der Waals surface area contributed by atoms with Crippen molar-refractivity contribution in [2.45, 2.75) is 32.0 Å². The highest BCUT2D eigenvalue weighted by atomic mass is 79.9. The van der Waals surface area contributed by atoms with E-state index in [1.165, 1.54) is 30.1 Å². The molecule has 4 aromatic rings. The lowest BCUT2D eigenvalue weighted by molar-refractivity contribution is -0.134. The van der Waals surface area contributed by atoms with Gasteiger partial charge in [-0.2, -0.15) is 13.2 Å². The average Bonchev–Trinajstić information content (AvgIpc) is 3.51. The molecule has 1 amide bonds. The molecule has 1 unspecified atom stereocenters. The second kappa shape index (κ2) is 9.86. The number of methoxy groups -OCH3 is 1. The largest absolute Gasteiger partial charge is 0.495 e. The number of hydrogen-bond donors (Lipinski definition) is 0. The molecule has 198 valence electrons. The SMILES string of the molecule is COc1cc(-c2cn(C3CCc4c(ccc(Br)c4F)N(CC(F)(F)F)C3=O)nn2)ccc1-n1cnc(C)c1. The fourth-order valence-corrected chi connectivity index (χ4v) is 4.90. The minimum Gasteiger partial charge on any atom is -0.495 e. The topological polar surface area (TPSA) is 78.1 Å². The molecule has 1 atom stereocenters. The van der Waals surface area contributed by atoms with E-state index in [9.17, 15) is 22.4 Å². The lowest BCUT2D eigenvalue weighted by Gasteiger charge is -2.27. The number of nitrogens with zero attached hydrogens (tertiary/aromatic N) is 6. The average molecular weight is 593 g/mol. The summed E-state index contributed by atoms with van der Waals surface area (Å²) in [4.78, 5) is 18.2. The Labute approximate surface area is 223 Å². The summed E-state index contributed by atoms with van der Waals surface area (Å²) >= 11 is 3.07. The van der Waals surface area contributed by atoms with Gasteiger partial charge in [0.25, 0.3) is 5.91 Å². The van der Waals surface area contributed by atoms with E-state index in [4.69, 9.17) is 4.74 Å². The minimum atomic E-state index is -4.69. The Hall–Kier alpha value is -3.74. The molecular formula is C25H21BrF4N6O2. The highest BCUT2D eigenvalue weighted by Gasteiger charge is 2.40. The second-order valence-electron chi connectivity index (χ2n) is 8.85. The van der Waals surface area contributed by atoms with Crippen molar-refractivity contribution in [3.05, 3.63) is 70.6 Å². The van der Waals surface area contributed by atoms with E-state index in [1.807, 2.05) is 23.8 Å². The molecule has 1 aliphatic rings. The standard InChI is InChI=1S/C25H21BrF4N6O2/c1-14-10-34(13-31-14)20-6-3-15(9-22(20)38-2)18-11-36(33-32-18)21-7-4-16-19(8-5-17(26)23(16)27)35(24(21)37)12-25(28,29)30/h3,5-6,8-11,13,21H,4,7,12H2,1-2H3. The first-order valence-electron chi connectivity index (χ1n) is 11.5. The third-order valence-corrected chi connectivity index (χ3v) is 6.93. The number of anilines is 1. The van der Waals surface area contributed by atoms with Gasteiger partial charge < -0.3 is 14.2 Å². The number of aryl methyl sites for hydroxylation is 1. The molecule has 3 heterocycles. The number of ether oxygens (including phenoxy) is 1. The Morgan fingerprint density at radius 1 is 1.16 bits per heavy atom. The Morgan fingerprint density at radius 2 is 1.92 bits per heavy atom. The Balaban J connectivity index is 1.49. The van der Waals surface area contributed by atoms with Gasteiger partial charge >= 0.3 is 6.18 Å². The number of amides is 1. The second-order valence-corrected chi connectivity index (χ2v) is 9.70. The summed E-state index contributed by atoms with van der Waals surface area (Å²) < 4.78 is 63.9. The van der Waals surface area contributed by atoms with Crippen LogP contribution in [0.15, 0.2) is 53.5 Å². The van der Waals surface area contributed by atoms with Crippen LogP contribution >= 0.6 is 15.9 Å². The predicted molar refractivity (Wildman–Crippen MR) is 134 cm³/mol. The molecule has 0 spiro atoms. The maximum atomic E-state index is 14.9. The molecule has 0 fully saturated rings. The van der Waals surface area contributed by atoms with E-state index >= 15 is 0 Å². The van der Waals surface area contributed by atoms with Crippen LogP contribution in [0.5, 0.6) is 5.75 Å². The summed E-state index contributed by atoms with van der Waals surface area (Å²) in [6.07, 6.45) is 0.383. The van der Waals surface area contributed by atoms with Gasteiger partial charge in [-0.25, -0.2) is 14.1 Å². The van der Waals surface area contributed by atoms with Crippen LogP contribution in [0, 0.1) is 12.7 Å². The van der Waals surface area contributed by atoms with E-state index in [2.05, 4.69) is 31.2 Å². The maximum absolute atomic E-state index is 14.9. The number of imidazole rings is 1. The molecule has 0 N–H and O–H groups in total. The lowest BCUT2D eigenvalue weighted by Crippen LogP contribution is -2.42. The normalized spacial score (nSPS) is 15.9. The van der Waals surface area contributed by atoms with E-state index in [0.717, 1.165) is 11.4 Å². The molecule has 2 aromatic carbocycles. The van der Waals surface area contributed by atoms with Crippen LogP contribution in [0.1, 0.15) is 23.7 Å². The molecule has 0 radical (unpaired) electrons. The Kier molecular flexibility index (Phi) is 6.72. The van der Waals surface area contributed by atoms with Crippen LogP contribution in [0.25, 0.3) is 16.9 Å². The number of aromatic nitrogens is 5. The quantitative estimate of drug-likeness (QED) is 0.289. The number of alkyl halides is 3. The van der Waals surface area contributed by atoms with Crippen molar-refractivity contribution in [3.8, 4) is 22.7 Å². The van der Waals surface area contributed by atoms with Gasteiger partial charge in [0.05, 0.1) is 41.2 Å². The van der Waals surface area contributed by atoms with Gasteiger partial charge in [-0.3, -0.25) is 4.79 Å². The van der Waals surface area contributed by atoms with E-state index in [1.54, 1.807) is 18.5 Å². The lowest BCUT2D eigenvalue weighted by atomic mass is 10.1. The molecule has 13 heteroatoms. The zero-order valence-electron chi connectivity index (χ0n) is 20.2.